The van der Waals surface area contributed by atoms with Crippen molar-refractivity contribution >= 4 is 10.8 Å². The number of ether oxygens (including phenoxy) is 1. The molecule has 2 aromatic rings. The molecule has 2 aromatic carbocycles. The van der Waals surface area contributed by atoms with Crippen LogP contribution >= 0.6 is 0 Å². The molecule has 0 saturated heterocycles. The number of rotatable bonds is 2. The van der Waals surface area contributed by atoms with Crippen LogP contribution in [0.4, 0.5) is 0 Å². The van der Waals surface area contributed by atoms with Gasteiger partial charge in [-0.3, -0.25) is 0 Å². The van der Waals surface area contributed by atoms with Gasteiger partial charge in [-0.05, 0) is 41.5 Å². The lowest BCUT2D eigenvalue weighted by Crippen LogP contribution is -1.94. The zero-order chi connectivity index (χ0) is 10.8. The van der Waals surface area contributed by atoms with E-state index in [9.17, 15) is 5.11 Å². The van der Waals surface area contributed by atoms with Crippen LogP contribution in [-0.4, -0.2) is 12.2 Å². The van der Waals surface area contributed by atoms with Crippen molar-refractivity contribution in [2.45, 2.75) is 13.0 Å². The predicted molar refractivity (Wildman–Crippen MR) is 61.0 cm³/mol. The molecule has 1 unspecified atom stereocenters. The molecule has 78 valence electrons. The Morgan fingerprint density at radius 1 is 1.07 bits per heavy atom. The predicted octanol–water partition coefficient (Wildman–Crippen LogP) is 3.25. The van der Waals surface area contributed by atoms with E-state index in [4.69, 9.17) is 4.74 Å². The first-order valence-corrected chi connectivity index (χ1v) is 4.96. The van der Waals surface area contributed by atoms with Crippen LogP contribution in [0.15, 0.2) is 36.4 Å². The van der Waals surface area contributed by atoms with Crippen LogP contribution in [-0.2, 0) is 4.74 Å². The number of fused-ring (bicyclic) bond motifs is 1. The second-order valence-corrected chi connectivity index (χ2v) is 3.67. The van der Waals surface area contributed by atoms with Crippen molar-refractivity contribution < 1.29 is 9.84 Å². The van der Waals surface area contributed by atoms with E-state index in [1.165, 1.54) is 0 Å². The fraction of sp³-hybridized carbons (Fsp3) is 0.231. The molecule has 0 heterocycles. The van der Waals surface area contributed by atoms with E-state index in [-0.39, 0.29) is 6.10 Å². The van der Waals surface area contributed by atoms with Gasteiger partial charge in [0.05, 0.1) is 6.10 Å². The second kappa shape index (κ2) is 3.91. The van der Waals surface area contributed by atoms with Gasteiger partial charge in [-0.15, -0.1) is 0 Å². The molecular weight excluding hydrogens is 188 g/mol. The molecule has 0 aliphatic heterocycles. The summed E-state index contributed by atoms with van der Waals surface area (Å²) in [5.41, 5.74) is 1.15. The Morgan fingerprint density at radius 2 is 1.73 bits per heavy atom. The minimum Gasteiger partial charge on any atom is -0.508 e. The van der Waals surface area contributed by atoms with Crippen LogP contribution in [0.3, 0.4) is 0 Å². The van der Waals surface area contributed by atoms with E-state index >= 15 is 0 Å². The third-order valence-electron chi connectivity index (χ3n) is 2.67. The van der Waals surface area contributed by atoms with Gasteiger partial charge in [0, 0.05) is 7.11 Å². The zero-order valence-corrected chi connectivity index (χ0v) is 8.90. The van der Waals surface area contributed by atoms with Crippen LogP contribution in [0, 0.1) is 0 Å². The molecular formula is C13H14O2. The highest BCUT2D eigenvalue weighted by molar-refractivity contribution is 5.84. The van der Waals surface area contributed by atoms with Crippen molar-refractivity contribution in [3.63, 3.8) is 0 Å². The summed E-state index contributed by atoms with van der Waals surface area (Å²) < 4.78 is 5.26. The Labute approximate surface area is 89.1 Å². The Morgan fingerprint density at radius 3 is 2.47 bits per heavy atom. The van der Waals surface area contributed by atoms with Crippen LogP contribution in [0.25, 0.3) is 10.8 Å². The summed E-state index contributed by atoms with van der Waals surface area (Å²) in [7, 11) is 1.70. The Bertz CT molecular complexity index is 477. The first-order chi connectivity index (χ1) is 7.20. The molecule has 2 nitrogen and oxygen atoms in total. The largest absolute Gasteiger partial charge is 0.508 e. The number of aromatic hydroxyl groups is 1. The third-order valence-corrected chi connectivity index (χ3v) is 2.67. The summed E-state index contributed by atoms with van der Waals surface area (Å²) in [5, 5.41) is 11.5. The minimum absolute atomic E-state index is 0.100. The SMILES string of the molecule is COC(C)c1ccc2cc(O)ccc2c1. The Kier molecular flexibility index (Phi) is 2.60. The first-order valence-electron chi connectivity index (χ1n) is 4.96. The second-order valence-electron chi connectivity index (χ2n) is 3.67. The van der Waals surface area contributed by atoms with Gasteiger partial charge in [0.25, 0.3) is 0 Å². The number of phenols is 1. The maximum Gasteiger partial charge on any atom is 0.116 e. The smallest absolute Gasteiger partial charge is 0.116 e. The lowest BCUT2D eigenvalue weighted by Gasteiger charge is -2.10. The summed E-state index contributed by atoms with van der Waals surface area (Å²) >= 11 is 0. The molecule has 2 heteroatoms. The maximum atomic E-state index is 9.33. The van der Waals surface area contributed by atoms with Gasteiger partial charge in [0.1, 0.15) is 5.75 Å². The summed E-state index contributed by atoms with van der Waals surface area (Å²) in [6, 6.07) is 11.5. The fourth-order valence-electron chi connectivity index (χ4n) is 1.64. The van der Waals surface area contributed by atoms with Gasteiger partial charge in [-0.1, -0.05) is 18.2 Å². The van der Waals surface area contributed by atoms with Gasteiger partial charge in [-0.2, -0.15) is 0 Å². The van der Waals surface area contributed by atoms with E-state index in [2.05, 4.69) is 6.07 Å². The molecule has 1 atom stereocenters. The molecule has 15 heavy (non-hydrogen) atoms. The monoisotopic (exact) mass is 202 g/mol. The maximum absolute atomic E-state index is 9.33. The Hall–Kier alpha value is -1.54. The quantitative estimate of drug-likeness (QED) is 0.810. The molecule has 0 amide bonds. The highest BCUT2D eigenvalue weighted by Gasteiger charge is 2.04. The molecule has 0 aromatic heterocycles. The molecule has 0 fully saturated rings. The average molecular weight is 202 g/mol. The van der Waals surface area contributed by atoms with E-state index in [0.29, 0.717) is 5.75 Å². The molecule has 0 radical (unpaired) electrons. The lowest BCUT2D eigenvalue weighted by molar-refractivity contribution is 0.119. The van der Waals surface area contributed by atoms with Gasteiger partial charge in [-0.25, -0.2) is 0 Å². The van der Waals surface area contributed by atoms with E-state index < -0.39 is 0 Å². The third kappa shape index (κ3) is 1.95. The number of hydrogen-bond acceptors (Lipinski definition) is 2. The van der Waals surface area contributed by atoms with Gasteiger partial charge < -0.3 is 9.84 Å². The summed E-state index contributed by atoms with van der Waals surface area (Å²) in [6.07, 6.45) is 0.100. The van der Waals surface area contributed by atoms with E-state index in [0.717, 1.165) is 16.3 Å². The molecule has 2 rings (SSSR count). The van der Waals surface area contributed by atoms with Crippen molar-refractivity contribution in [1.29, 1.82) is 0 Å². The standard InChI is InChI=1S/C13H14O2/c1-9(15-2)10-3-4-12-8-13(14)6-5-11(12)7-10/h3-9,14H,1-2H3. The summed E-state index contributed by atoms with van der Waals surface area (Å²) in [5.74, 6) is 0.301. The fourth-order valence-corrected chi connectivity index (χ4v) is 1.64. The number of phenolic OH excluding ortho intramolecular Hbond substituents is 1. The first kappa shape index (κ1) is 9.99. The van der Waals surface area contributed by atoms with Crippen molar-refractivity contribution in [2.75, 3.05) is 7.11 Å². The molecule has 0 aliphatic rings. The van der Waals surface area contributed by atoms with Crippen LogP contribution < -0.4 is 0 Å². The van der Waals surface area contributed by atoms with Crippen LogP contribution in [0.2, 0.25) is 0 Å². The lowest BCUT2D eigenvalue weighted by atomic mass is 10.0. The zero-order valence-electron chi connectivity index (χ0n) is 8.90. The number of benzene rings is 2. The topological polar surface area (TPSA) is 29.5 Å². The van der Waals surface area contributed by atoms with Crippen molar-refractivity contribution in [1.82, 2.24) is 0 Å². The molecule has 0 spiro atoms. The minimum atomic E-state index is 0.100. The van der Waals surface area contributed by atoms with Crippen LogP contribution in [0.1, 0.15) is 18.6 Å². The molecule has 0 saturated carbocycles. The van der Waals surface area contributed by atoms with Crippen molar-refractivity contribution in [3.8, 4) is 5.75 Å². The van der Waals surface area contributed by atoms with Gasteiger partial charge >= 0.3 is 0 Å². The number of methoxy groups -OCH3 is 1. The molecule has 1 N–H and O–H groups in total. The van der Waals surface area contributed by atoms with E-state index in [1.807, 2.05) is 25.1 Å². The summed E-state index contributed by atoms with van der Waals surface area (Å²) in [4.78, 5) is 0. The normalized spacial score (nSPS) is 12.9. The van der Waals surface area contributed by atoms with Crippen molar-refractivity contribution in [3.05, 3.63) is 42.0 Å². The highest BCUT2D eigenvalue weighted by Crippen LogP contribution is 2.24. The van der Waals surface area contributed by atoms with E-state index in [1.54, 1.807) is 19.2 Å². The highest BCUT2D eigenvalue weighted by atomic mass is 16.5. The molecule has 0 aliphatic carbocycles. The van der Waals surface area contributed by atoms with Crippen molar-refractivity contribution in [2.24, 2.45) is 0 Å². The summed E-state index contributed by atoms with van der Waals surface area (Å²) in [6.45, 7) is 2.02. The molecule has 0 bridgehead atoms. The van der Waals surface area contributed by atoms with Gasteiger partial charge in [0.2, 0.25) is 0 Å². The van der Waals surface area contributed by atoms with Crippen LogP contribution in [0.5, 0.6) is 5.75 Å². The average Bonchev–Trinajstić information content (AvgIpc) is 2.27. The van der Waals surface area contributed by atoms with Gasteiger partial charge in [0.15, 0.2) is 0 Å². The Balaban J connectivity index is 2.52. The number of hydrogen-bond donors (Lipinski definition) is 1.